The zero-order valence-electron chi connectivity index (χ0n) is 10.8. The van der Waals surface area contributed by atoms with Crippen molar-refractivity contribution in [1.29, 1.82) is 0 Å². The second kappa shape index (κ2) is 5.00. The predicted molar refractivity (Wildman–Crippen MR) is 68.0 cm³/mol. The summed E-state index contributed by atoms with van der Waals surface area (Å²) in [7, 11) is 6.34. The Morgan fingerprint density at radius 2 is 1.33 bits per heavy atom. The van der Waals surface area contributed by atoms with Gasteiger partial charge in [-0.3, -0.25) is 0 Å². The summed E-state index contributed by atoms with van der Waals surface area (Å²) in [6, 6.07) is 5.35. The number of methoxy groups -OCH3 is 4. The Balaban J connectivity index is 2.74. The van der Waals surface area contributed by atoms with Crippen molar-refractivity contribution in [1.82, 2.24) is 4.98 Å². The smallest absolute Gasteiger partial charge is 0.217 e. The van der Waals surface area contributed by atoms with Gasteiger partial charge in [0.05, 0.1) is 34.0 Å². The lowest BCUT2D eigenvalue weighted by molar-refractivity contribution is 0.355. The van der Waals surface area contributed by atoms with Gasteiger partial charge < -0.3 is 18.9 Å². The third-order valence-corrected chi connectivity index (χ3v) is 2.68. The molecule has 0 aliphatic heterocycles. The van der Waals surface area contributed by atoms with E-state index in [-0.39, 0.29) is 0 Å². The molecule has 0 amide bonds. The van der Waals surface area contributed by atoms with Crippen LogP contribution in [-0.2, 0) is 0 Å². The average Bonchev–Trinajstić information content (AvgIpc) is 2.44. The number of pyridine rings is 1. The van der Waals surface area contributed by atoms with Crippen LogP contribution in [0.15, 0.2) is 18.2 Å². The summed E-state index contributed by atoms with van der Waals surface area (Å²) in [5.41, 5.74) is 0.726. The summed E-state index contributed by atoms with van der Waals surface area (Å²) in [4.78, 5) is 4.35. The van der Waals surface area contributed by atoms with E-state index in [1.807, 2.05) is 6.07 Å². The number of hydrogen-bond acceptors (Lipinski definition) is 5. The normalized spacial score (nSPS) is 10.2. The molecule has 0 aliphatic rings. The Morgan fingerprint density at radius 3 is 1.89 bits per heavy atom. The number of aromatic nitrogens is 1. The summed E-state index contributed by atoms with van der Waals surface area (Å²) < 4.78 is 21.0. The standard InChI is InChI=1S/C13H15NO4/c1-15-10-7-13(18-4)14-9-6-12(17-3)11(16-2)5-8(9)10/h5-7H,1-4H3. The molecule has 0 bridgehead atoms. The van der Waals surface area contributed by atoms with Crippen molar-refractivity contribution >= 4 is 10.9 Å². The van der Waals surface area contributed by atoms with E-state index in [0.717, 1.165) is 10.9 Å². The van der Waals surface area contributed by atoms with Gasteiger partial charge in [0.2, 0.25) is 5.88 Å². The van der Waals surface area contributed by atoms with Crippen LogP contribution in [0.25, 0.3) is 10.9 Å². The summed E-state index contributed by atoms with van der Waals surface area (Å²) >= 11 is 0. The topological polar surface area (TPSA) is 49.8 Å². The van der Waals surface area contributed by atoms with Crippen LogP contribution in [0, 0.1) is 0 Å². The molecule has 1 aromatic heterocycles. The van der Waals surface area contributed by atoms with Crippen molar-refractivity contribution in [3.63, 3.8) is 0 Å². The van der Waals surface area contributed by atoms with E-state index < -0.39 is 0 Å². The zero-order valence-corrected chi connectivity index (χ0v) is 10.8. The van der Waals surface area contributed by atoms with Gasteiger partial charge in [0.15, 0.2) is 11.5 Å². The van der Waals surface area contributed by atoms with E-state index in [9.17, 15) is 0 Å². The van der Waals surface area contributed by atoms with Gasteiger partial charge in [-0.25, -0.2) is 4.98 Å². The molecule has 0 aliphatic carbocycles. The summed E-state index contributed by atoms with van der Waals surface area (Å²) in [6.45, 7) is 0. The predicted octanol–water partition coefficient (Wildman–Crippen LogP) is 2.27. The SMILES string of the molecule is COc1cc(OC)c2cc(OC)c(OC)cc2n1. The van der Waals surface area contributed by atoms with Gasteiger partial charge in [0, 0.05) is 17.5 Å². The van der Waals surface area contributed by atoms with Gasteiger partial charge in [-0.05, 0) is 6.07 Å². The minimum absolute atomic E-state index is 0.492. The molecule has 96 valence electrons. The maximum absolute atomic E-state index is 5.33. The van der Waals surface area contributed by atoms with Crippen LogP contribution in [0.1, 0.15) is 0 Å². The first-order valence-corrected chi connectivity index (χ1v) is 5.38. The second-order valence-electron chi connectivity index (χ2n) is 3.59. The van der Waals surface area contributed by atoms with Crippen LogP contribution >= 0.6 is 0 Å². The van der Waals surface area contributed by atoms with E-state index in [0.29, 0.717) is 23.1 Å². The van der Waals surface area contributed by atoms with Crippen LogP contribution in [0.2, 0.25) is 0 Å². The Hall–Kier alpha value is -2.17. The highest BCUT2D eigenvalue weighted by molar-refractivity contribution is 5.88. The fraction of sp³-hybridized carbons (Fsp3) is 0.308. The van der Waals surface area contributed by atoms with Crippen molar-refractivity contribution in [3.8, 4) is 23.1 Å². The minimum atomic E-state index is 0.492. The van der Waals surface area contributed by atoms with Crippen molar-refractivity contribution in [2.75, 3.05) is 28.4 Å². The molecule has 0 spiro atoms. The number of nitrogens with zero attached hydrogens (tertiary/aromatic N) is 1. The van der Waals surface area contributed by atoms with Crippen LogP contribution < -0.4 is 18.9 Å². The maximum Gasteiger partial charge on any atom is 0.217 e. The second-order valence-corrected chi connectivity index (χ2v) is 3.59. The fourth-order valence-corrected chi connectivity index (χ4v) is 1.77. The molecule has 0 unspecified atom stereocenters. The molecule has 18 heavy (non-hydrogen) atoms. The van der Waals surface area contributed by atoms with Crippen LogP contribution in [0.5, 0.6) is 23.1 Å². The summed E-state index contributed by atoms with van der Waals surface area (Å²) in [6.07, 6.45) is 0. The molecule has 0 saturated heterocycles. The molecule has 1 aromatic carbocycles. The maximum atomic E-state index is 5.33. The van der Waals surface area contributed by atoms with Crippen molar-refractivity contribution < 1.29 is 18.9 Å². The highest BCUT2D eigenvalue weighted by Crippen LogP contribution is 2.36. The fourth-order valence-electron chi connectivity index (χ4n) is 1.77. The van der Waals surface area contributed by atoms with E-state index in [4.69, 9.17) is 18.9 Å². The van der Waals surface area contributed by atoms with Crippen LogP contribution in [0.3, 0.4) is 0 Å². The Bertz CT molecular complexity index is 568. The first-order chi connectivity index (χ1) is 8.73. The monoisotopic (exact) mass is 249 g/mol. The highest BCUT2D eigenvalue weighted by atomic mass is 16.5. The van der Waals surface area contributed by atoms with Gasteiger partial charge in [0.25, 0.3) is 0 Å². The van der Waals surface area contributed by atoms with Gasteiger partial charge >= 0.3 is 0 Å². The van der Waals surface area contributed by atoms with Crippen LogP contribution in [-0.4, -0.2) is 33.4 Å². The molecule has 0 saturated carbocycles. The van der Waals surface area contributed by atoms with E-state index in [1.165, 1.54) is 0 Å². The van der Waals surface area contributed by atoms with Gasteiger partial charge in [-0.15, -0.1) is 0 Å². The molecule has 5 nitrogen and oxygen atoms in total. The van der Waals surface area contributed by atoms with Gasteiger partial charge in [-0.1, -0.05) is 0 Å². The number of rotatable bonds is 4. The molecule has 5 heteroatoms. The molecule has 0 radical (unpaired) electrons. The molecule has 0 fully saturated rings. The van der Waals surface area contributed by atoms with Crippen molar-refractivity contribution in [2.24, 2.45) is 0 Å². The number of ether oxygens (including phenoxy) is 4. The molecule has 0 atom stereocenters. The van der Waals surface area contributed by atoms with E-state index in [1.54, 1.807) is 40.6 Å². The largest absolute Gasteiger partial charge is 0.496 e. The van der Waals surface area contributed by atoms with Gasteiger partial charge in [0.1, 0.15) is 5.75 Å². The van der Waals surface area contributed by atoms with E-state index >= 15 is 0 Å². The lowest BCUT2D eigenvalue weighted by Gasteiger charge is -2.12. The Labute approximate surface area is 105 Å². The summed E-state index contributed by atoms with van der Waals surface area (Å²) in [5, 5.41) is 0.843. The van der Waals surface area contributed by atoms with Crippen LogP contribution in [0.4, 0.5) is 0 Å². The summed E-state index contributed by atoms with van der Waals surface area (Å²) in [5.74, 6) is 2.42. The molecular formula is C13H15NO4. The average molecular weight is 249 g/mol. The molecule has 2 rings (SSSR count). The third-order valence-electron chi connectivity index (χ3n) is 2.68. The molecular weight excluding hydrogens is 234 g/mol. The first kappa shape index (κ1) is 12.3. The van der Waals surface area contributed by atoms with E-state index in [2.05, 4.69) is 4.98 Å². The number of fused-ring (bicyclic) bond motifs is 1. The molecule has 0 N–H and O–H groups in total. The lowest BCUT2D eigenvalue weighted by atomic mass is 10.2. The zero-order chi connectivity index (χ0) is 13.1. The molecule has 1 heterocycles. The van der Waals surface area contributed by atoms with Crippen molar-refractivity contribution in [3.05, 3.63) is 18.2 Å². The number of hydrogen-bond donors (Lipinski definition) is 0. The Kier molecular flexibility index (Phi) is 3.41. The van der Waals surface area contributed by atoms with Gasteiger partial charge in [-0.2, -0.15) is 0 Å². The quantitative estimate of drug-likeness (QED) is 0.832. The third kappa shape index (κ3) is 1.99. The van der Waals surface area contributed by atoms with Crippen molar-refractivity contribution in [2.45, 2.75) is 0 Å². The number of benzene rings is 1. The molecule has 2 aromatic rings. The first-order valence-electron chi connectivity index (χ1n) is 5.38. The lowest BCUT2D eigenvalue weighted by Crippen LogP contribution is -1.95. The highest BCUT2D eigenvalue weighted by Gasteiger charge is 2.12. The minimum Gasteiger partial charge on any atom is -0.496 e. The Morgan fingerprint density at radius 1 is 0.722 bits per heavy atom.